The molecule has 1 N–H and O–H groups in total. The van der Waals surface area contributed by atoms with E-state index in [-0.39, 0.29) is 5.91 Å². The number of carbonyl (C=O) groups is 1. The van der Waals surface area contributed by atoms with Gasteiger partial charge < -0.3 is 10.0 Å². The number of aliphatic hydroxyl groups is 1. The van der Waals surface area contributed by atoms with E-state index in [0.717, 1.165) is 35.7 Å². The van der Waals surface area contributed by atoms with Gasteiger partial charge in [0.15, 0.2) is 0 Å². The molecule has 0 atom stereocenters. The van der Waals surface area contributed by atoms with Gasteiger partial charge in [-0.15, -0.1) is 0 Å². The molecule has 1 aliphatic rings. The van der Waals surface area contributed by atoms with Crippen molar-refractivity contribution in [2.75, 3.05) is 13.6 Å². The van der Waals surface area contributed by atoms with E-state index in [1.807, 2.05) is 24.3 Å². The molecular weight excluding hydrogens is 318 g/mol. The Balaban J connectivity index is 1.93. The highest BCUT2D eigenvalue weighted by atomic mass is 79.9. The highest BCUT2D eigenvalue weighted by Gasteiger charge is 2.32. The average molecular weight is 338 g/mol. The highest BCUT2D eigenvalue weighted by molar-refractivity contribution is 9.10. The summed E-state index contributed by atoms with van der Waals surface area (Å²) in [7, 11) is 1.74. The number of rotatable bonds is 4. The van der Waals surface area contributed by atoms with Crippen LogP contribution < -0.4 is 0 Å². The molecule has 0 bridgehead atoms. The first-order valence-electron chi connectivity index (χ1n) is 6.90. The van der Waals surface area contributed by atoms with Crippen LogP contribution in [0.4, 0.5) is 0 Å². The smallest absolute Gasteiger partial charge is 0.246 e. The van der Waals surface area contributed by atoms with E-state index >= 15 is 0 Å². The third-order valence-electron chi connectivity index (χ3n) is 3.71. The van der Waals surface area contributed by atoms with Gasteiger partial charge in [-0.3, -0.25) is 4.79 Å². The summed E-state index contributed by atoms with van der Waals surface area (Å²) in [4.78, 5) is 13.6. The summed E-state index contributed by atoms with van der Waals surface area (Å²) < 4.78 is 0.987. The van der Waals surface area contributed by atoms with Crippen molar-refractivity contribution in [1.82, 2.24) is 4.90 Å². The van der Waals surface area contributed by atoms with Crippen molar-refractivity contribution in [3.63, 3.8) is 0 Å². The molecule has 1 aromatic rings. The van der Waals surface area contributed by atoms with E-state index in [0.29, 0.717) is 6.54 Å². The van der Waals surface area contributed by atoms with Crippen molar-refractivity contribution < 1.29 is 9.90 Å². The van der Waals surface area contributed by atoms with Crippen LogP contribution in [0.5, 0.6) is 0 Å². The van der Waals surface area contributed by atoms with Crippen molar-refractivity contribution in [3.8, 4) is 0 Å². The molecule has 3 nitrogen and oxygen atoms in total. The number of likely N-dealkylation sites (N-methyl/N-ethyl adjacent to an activating group) is 1. The van der Waals surface area contributed by atoms with E-state index in [1.54, 1.807) is 24.1 Å². The van der Waals surface area contributed by atoms with E-state index < -0.39 is 5.60 Å². The summed E-state index contributed by atoms with van der Waals surface area (Å²) >= 11 is 3.40. The Morgan fingerprint density at radius 2 is 2.15 bits per heavy atom. The van der Waals surface area contributed by atoms with Gasteiger partial charge in [0.2, 0.25) is 5.91 Å². The fourth-order valence-corrected chi connectivity index (χ4v) is 3.03. The number of hydrogen-bond acceptors (Lipinski definition) is 2. The van der Waals surface area contributed by atoms with Crippen LogP contribution in [0.25, 0.3) is 6.08 Å². The SMILES string of the molecule is CN(CC1(O)CCCC1)C(=O)/C=C/c1cccc(Br)c1. The van der Waals surface area contributed by atoms with Gasteiger partial charge in [0.25, 0.3) is 0 Å². The van der Waals surface area contributed by atoms with Crippen molar-refractivity contribution in [2.45, 2.75) is 31.3 Å². The number of carbonyl (C=O) groups excluding carboxylic acids is 1. The molecule has 108 valence electrons. The molecule has 0 aromatic heterocycles. The number of amides is 1. The van der Waals surface area contributed by atoms with Gasteiger partial charge in [-0.25, -0.2) is 0 Å². The first-order chi connectivity index (χ1) is 9.48. The first-order valence-corrected chi connectivity index (χ1v) is 7.69. The molecule has 0 spiro atoms. The second-order valence-electron chi connectivity index (χ2n) is 5.51. The van der Waals surface area contributed by atoms with Crippen LogP contribution in [-0.4, -0.2) is 35.1 Å². The Morgan fingerprint density at radius 3 is 2.80 bits per heavy atom. The van der Waals surface area contributed by atoms with Gasteiger partial charge in [-0.1, -0.05) is 40.9 Å². The minimum atomic E-state index is -0.686. The highest BCUT2D eigenvalue weighted by Crippen LogP contribution is 2.29. The average Bonchev–Trinajstić information content (AvgIpc) is 2.82. The Morgan fingerprint density at radius 1 is 1.45 bits per heavy atom. The zero-order chi connectivity index (χ0) is 14.6. The van der Waals surface area contributed by atoms with Gasteiger partial charge >= 0.3 is 0 Å². The van der Waals surface area contributed by atoms with Gasteiger partial charge in [-0.2, -0.15) is 0 Å². The molecule has 0 unspecified atom stereocenters. The lowest BCUT2D eigenvalue weighted by atomic mass is 10.0. The van der Waals surface area contributed by atoms with Crippen molar-refractivity contribution in [3.05, 3.63) is 40.4 Å². The van der Waals surface area contributed by atoms with Crippen LogP contribution in [0, 0.1) is 0 Å². The summed E-state index contributed by atoms with van der Waals surface area (Å²) in [6.07, 6.45) is 7.03. The maximum Gasteiger partial charge on any atom is 0.246 e. The Hall–Kier alpha value is -1.13. The molecule has 1 fully saturated rings. The second kappa shape index (κ2) is 6.55. The fraction of sp³-hybridized carbons (Fsp3) is 0.438. The zero-order valence-electron chi connectivity index (χ0n) is 11.7. The lowest BCUT2D eigenvalue weighted by molar-refractivity contribution is -0.127. The summed E-state index contributed by atoms with van der Waals surface area (Å²) in [6, 6.07) is 7.77. The van der Waals surface area contributed by atoms with Crippen molar-refractivity contribution in [1.29, 1.82) is 0 Å². The largest absolute Gasteiger partial charge is 0.388 e. The number of hydrogen-bond donors (Lipinski definition) is 1. The molecule has 4 heteroatoms. The molecule has 1 aliphatic carbocycles. The third kappa shape index (κ3) is 4.18. The molecule has 1 amide bonds. The minimum Gasteiger partial charge on any atom is -0.388 e. The van der Waals surface area contributed by atoms with Crippen LogP contribution in [0.2, 0.25) is 0 Å². The summed E-state index contributed by atoms with van der Waals surface area (Å²) in [5.74, 6) is -0.0784. The van der Waals surface area contributed by atoms with Crippen molar-refractivity contribution >= 4 is 27.9 Å². The monoisotopic (exact) mass is 337 g/mol. The molecule has 1 saturated carbocycles. The lowest BCUT2D eigenvalue weighted by Gasteiger charge is -2.27. The Bertz CT molecular complexity index is 507. The third-order valence-corrected chi connectivity index (χ3v) is 4.20. The molecule has 1 aromatic carbocycles. The normalized spacial score (nSPS) is 17.6. The number of benzene rings is 1. The predicted molar refractivity (Wildman–Crippen MR) is 84.2 cm³/mol. The molecule has 0 radical (unpaired) electrons. The summed E-state index contributed by atoms with van der Waals surface area (Å²) in [5, 5.41) is 10.3. The van der Waals surface area contributed by atoms with E-state index in [2.05, 4.69) is 15.9 Å². The number of halogens is 1. The van der Waals surface area contributed by atoms with Crippen LogP contribution in [0.1, 0.15) is 31.2 Å². The Labute approximate surface area is 128 Å². The molecule has 20 heavy (non-hydrogen) atoms. The molecule has 0 saturated heterocycles. The van der Waals surface area contributed by atoms with Gasteiger partial charge in [0, 0.05) is 24.1 Å². The molecular formula is C16H20BrNO2. The maximum absolute atomic E-state index is 12.0. The predicted octanol–water partition coefficient (Wildman–Crippen LogP) is 3.23. The second-order valence-corrected chi connectivity index (χ2v) is 6.43. The summed E-state index contributed by atoms with van der Waals surface area (Å²) in [6.45, 7) is 0.411. The van der Waals surface area contributed by atoms with Gasteiger partial charge in [0.05, 0.1) is 5.60 Å². The topological polar surface area (TPSA) is 40.5 Å². The van der Waals surface area contributed by atoms with Crippen LogP contribution in [0.3, 0.4) is 0 Å². The van der Waals surface area contributed by atoms with E-state index in [9.17, 15) is 9.90 Å². The van der Waals surface area contributed by atoms with Crippen LogP contribution in [0.15, 0.2) is 34.8 Å². The quantitative estimate of drug-likeness (QED) is 0.857. The van der Waals surface area contributed by atoms with Gasteiger partial charge in [0.1, 0.15) is 0 Å². The number of nitrogens with zero attached hydrogens (tertiary/aromatic N) is 1. The Kier molecular flexibility index (Phi) is 5.00. The lowest BCUT2D eigenvalue weighted by Crippen LogP contribution is -2.41. The molecule has 0 heterocycles. The van der Waals surface area contributed by atoms with E-state index in [1.165, 1.54) is 0 Å². The van der Waals surface area contributed by atoms with E-state index in [4.69, 9.17) is 0 Å². The first kappa shape index (κ1) is 15.3. The zero-order valence-corrected chi connectivity index (χ0v) is 13.3. The van der Waals surface area contributed by atoms with Crippen molar-refractivity contribution in [2.24, 2.45) is 0 Å². The minimum absolute atomic E-state index is 0.0784. The molecule has 2 rings (SSSR count). The van der Waals surface area contributed by atoms with Crippen LogP contribution in [-0.2, 0) is 4.79 Å². The summed E-state index contributed by atoms with van der Waals surface area (Å²) in [5.41, 5.74) is 0.286. The fourth-order valence-electron chi connectivity index (χ4n) is 2.62. The standard InChI is InChI=1S/C16H20BrNO2/c1-18(12-16(20)9-2-3-10-16)15(19)8-7-13-5-4-6-14(17)11-13/h4-8,11,20H,2-3,9-10,12H2,1H3/b8-7+. The molecule has 0 aliphatic heterocycles. The maximum atomic E-state index is 12.0. The van der Waals surface area contributed by atoms with Crippen LogP contribution >= 0.6 is 15.9 Å². The van der Waals surface area contributed by atoms with Gasteiger partial charge in [-0.05, 0) is 36.6 Å².